The van der Waals surface area contributed by atoms with Crippen LogP contribution in [0.15, 0.2) is 53.7 Å². The molecule has 2 aromatic heterocycles. The van der Waals surface area contributed by atoms with Gasteiger partial charge in [0.25, 0.3) is 0 Å². The first-order valence-corrected chi connectivity index (χ1v) is 9.38. The monoisotopic (exact) mass is 336 g/mol. The van der Waals surface area contributed by atoms with Gasteiger partial charge in [-0.15, -0.1) is 0 Å². The summed E-state index contributed by atoms with van der Waals surface area (Å²) in [6.07, 6.45) is 4.59. The van der Waals surface area contributed by atoms with Crippen molar-refractivity contribution in [3.05, 3.63) is 54.4 Å². The number of aromatic amines is 2. The van der Waals surface area contributed by atoms with Crippen molar-refractivity contribution >= 4 is 33.8 Å². The van der Waals surface area contributed by atoms with Crippen molar-refractivity contribution in [1.29, 1.82) is 0 Å². The van der Waals surface area contributed by atoms with Crippen LogP contribution in [0.4, 0.5) is 0 Å². The molecule has 0 saturated heterocycles. The molecule has 2 N–H and O–H groups in total. The van der Waals surface area contributed by atoms with Gasteiger partial charge >= 0.3 is 0 Å². The molecule has 0 aliphatic rings. The molecule has 4 aromatic rings. The summed E-state index contributed by atoms with van der Waals surface area (Å²) in [4.78, 5) is 16.0. The highest BCUT2D eigenvalue weighted by Crippen LogP contribution is 2.20. The van der Waals surface area contributed by atoms with Crippen molar-refractivity contribution in [3.8, 4) is 0 Å². The Labute approximate surface area is 145 Å². The summed E-state index contributed by atoms with van der Waals surface area (Å²) in [5, 5.41) is 1.02. The van der Waals surface area contributed by atoms with Gasteiger partial charge in [-0.2, -0.15) is 0 Å². The van der Waals surface area contributed by atoms with E-state index in [1.807, 2.05) is 30.3 Å². The van der Waals surface area contributed by atoms with Gasteiger partial charge in [-0.3, -0.25) is 0 Å². The normalized spacial score (nSPS) is 11.5. The molecule has 0 radical (unpaired) electrons. The van der Waals surface area contributed by atoms with Crippen molar-refractivity contribution in [1.82, 2.24) is 19.9 Å². The topological polar surface area (TPSA) is 57.4 Å². The van der Waals surface area contributed by atoms with E-state index in [0.29, 0.717) is 0 Å². The summed E-state index contributed by atoms with van der Waals surface area (Å²) >= 11 is 1.81. The third-order valence-electron chi connectivity index (χ3n) is 4.10. The van der Waals surface area contributed by atoms with Crippen LogP contribution in [0, 0.1) is 0 Å². The summed E-state index contributed by atoms with van der Waals surface area (Å²) in [5.74, 6) is 2.20. The zero-order valence-corrected chi connectivity index (χ0v) is 14.3. The minimum absolute atomic E-state index is 1.02. The maximum atomic E-state index is 4.63. The largest absolute Gasteiger partial charge is 0.342 e. The van der Waals surface area contributed by atoms with Crippen molar-refractivity contribution in [2.45, 2.75) is 30.8 Å². The lowest BCUT2D eigenvalue weighted by atomic mass is 10.2. The standard InChI is InChI=1S/C19H20N4S/c1(2-12-18-20-14-8-3-4-9-15(14)21-18)7-13-24-19-22-16-10-5-6-11-17(16)23-19/h3-6,8-11H,1-2,7,12-13H2,(H,20,21)(H,22,23). The molecule has 0 unspecified atom stereocenters. The van der Waals surface area contributed by atoms with Crippen LogP contribution in [0.5, 0.6) is 0 Å². The molecule has 0 aliphatic heterocycles. The molecule has 5 heteroatoms. The molecule has 0 saturated carbocycles. The number of unbranched alkanes of at least 4 members (excludes halogenated alkanes) is 2. The van der Waals surface area contributed by atoms with Gasteiger partial charge < -0.3 is 9.97 Å². The Balaban J connectivity index is 1.20. The quantitative estimate of drug-likeness (QED) is 0.371. The SMILES string of the molecule is c1ccc2[nH]c(CCCCCSc3nc4ccccc4[nH]3)nc2c1. The Kier molecular flexibility index (Phi) is 4.51. The fourth-order valence-corrected chi connectivity index (χ4v) is 3.75. The number of hydrogen-bond acceptors (Lipinski definition) is 3. The van der Waals surface area contributed by atoms with E-state index in [1.54, 1.807) is 11.8 Å². The van der Waals surface area contributed by atoms with Crippen molar-refractivity contribution in [2.24, 2.45) is 0 Å². The van der Waals surface area contributed by atoms with Gasteiger partial charge in [0.2, 0.25) is 0 Å². The highest BCUT2D eigenvalue weighted by molar-refractivity contribution is 7.99. The number of nitrogens with zero attached hydrogens (tertiary/aromatic N) is 2. The number of benzene rings is 2. The van der Waals surface area contributed by atoms with Crippen molar-refractivity contribution < 1.29 is 0 Å². The summed E-state index contributed by atoms with van der Waals surface area (Å²) in [5.41, 5.74) is 4.36. The van der Waals surface area contributed by atoms with Gasteiger partial charge in [-0.05, 0) is 37.1 Å². The molecule has 0 atom stereocenters. The number of aryl methyl sites for hydroxylation is 1. The minimum Gasteiger partial charge on any atom is -0.342 e. The third-order valence-corrected chi connectivity index (χ3v) is 5.06. The second-order valence-corrected chi connectivity index (χ2v) is 7.00. The van der Waals surface area contributed by atoms with Crippen LogP contribution < -0.4 is 0 Å². The van der Waals surface area contributed by atoms with Crippen LogP contribution >= 0.6 is 11.8 Å². The first-order valence-electron chi connectivity index (χ1n) is 8.40. The van der Waals surface area contributed by atoms with Crippen molar-refractivity contribution in [2.75, 3.05) is 5.75 Å². The van der Waals surface area contributed by atoms with Crippen molar-refractivity contribution in [3.63, 3.8) is 0 Å². The maximum absolute atomic E-state index is 4.63. The molecule has 24 heavy (non-hydrogen) atoms. The lowest BCUT2D eigenvalue weighted by Crippen LogP contribution is -1.89. The van der Waals surface area contributed by atoms with Crippen LogP contribution in [0.2, 0.25) is 0 Å². The molecule has 0 amide bonds. The molecule has 2 heterocycles. The van der Waals surface area contributed by atoms with E-state index in [-0.39, 0.29) is 0 Å². The van der Waals surface area contributed by atoms with Gasteiger partial charge in [-0.25, -0.2) is 9.97 Å². The van der Waals surface area contributed by atoms with Gasteiger partial charge in [0.1, 0.15) is 5.82 Å². The number of para-hydroxylation sites is 4. The zero-order chi connectivity index (χ0) is 16.2. The summed E-state index contributed by atoms with van der Waals surface area (Å²) in [6, 6.07) is 16.4. The molecular formula is C19H20N4S. The van der Waals surface area contributed by atoms with E-state index >= 15 is 0 Å². The fraction of sp³-hybridized carbons (Fsp3) is 0.263. The average molecular weight is 336 g/mol. The molecule has 2 aromatic carbocycles. The van der Waals surface area contributed by atoms with Gasteiger partial charge in [0.15, 0.2) is 5.16 Å². The molecule has 122 valence electrons. The molecular weight excluding hydrogens is 316 g/mol. The summed E-state index contributed by atoms with van der Waals surface area (Å²) < 4.78 is 0. The predicted octanol–water partition coefficient (Wildman–Crippen LogP) is 4.94. The lowest BCUT2D eigenvalue weighted by Gasteiger charge is -1.99. The van der Waals surface area contributed by atoms with E-state index in [1.165, 1.54) is 19.3 Å². The second kappa shape index (κ2) is 7.09. The highest BCUT2D eigenvalue weighted by Gasteiger charge is 2.03. The number of thioether (sulfide) groups is 1. The van der Waals surface area contributed by atoms with E-state index in [0.717, 1.165) is 45.2 Å². The van der Waals surface area contributed by atoms with Crippen LogP contribution in [0.3, 0.4) is 0 Å². The molecule has 0 spiro atoms. The maximum Gasteiger partial charge on any atom is 0.166 e. The molecule has 4 nitrogen and oxygen atoms in total. The van der Waals surface area contributed by atoms with Crippen LogP contribution in [-0.2, 0) is 6.42 Å². The first kappa shape index (κ1) is 15.3. The van der Waals surface area contributed by atoms with Crippen LogP contribution in [0.25, 0.3) is 22.1 Å². The van der Waals surface area contributed by atoms with Gasteiger partial charge in [0, 0.05) is 12.2 Å². The average Bonchev–Trinajstić information content (AvgIpc) is 3.20. The summed E-state index contributed by atoms with van der Waals surface area (Å²) in [7, 11) is 0. The predicted molar refractivity (Wildman–Crippen MR) is 100 cm³/mol. The Morgan fingerprint density at radius 2 is 1.46 bits per heavy atom. The molecule has 0 bridgehead atoms. The first-order chi connectivity index (χ1) is 11.9. The second-order valence-electron chi connectivity index (χ2n) is 5.92. The number of fused-ring (bicyclic) bond motifs is 2. The Bertz CT molecular complexity index is 797. The van der Waals surface area contributed by atoms with Crippen LogP contribution in [0.1, 0.15) is 25.1 Å². The number of H-pyrrole nitrogens is 2. The number of imidazole rings is 2. The van der Waals surface area contributed by atoms with E-state index in [2.05, 4.69) is 38.1 Å². The highest BCUT2D eigenvalue weighted by atomic mass is 32.2. The molecule has 0 fully saturated rings. The van der Waals surface area contributed by atoms with Gasteiger partial charge in [0.05, 0.1) is 22.1 Å². The fourth-order valence-electron chi connectivity index (χ4n) is 2.86. The zero-order valence-electron chi connectivity index (χ0n) is 13.5. The molecule has 0 aliphatic carbocycles. The Morgan fingerprint density at radius 1 is 0.750 bits per heavy atom. The number of hydrogen-bond donors (Lipinski definition) is 2. The van der Waals surface area contributed by atoms with E-state index < -0.39 is 0 Å². The number of aromatic nitrogens is 4. The lowest BCUT2D eigenvalue weighted by molar-refractivity contribution is 0.704. The Hall–Kier alpha value is -2.27. The van der Waals surface area contributed by atoms with Gasteiger partial charge in [-0.1, -0.05) is 42.4 Å². The van der Waals surface area contributed by atoms with Crippen LogP contribution in [-0.4, -0.2) is 25.7 Å². The van der Waals surface area contributed by atoms with E-state index in [9.17, 15) is 0 Å². The summed E-state index contributed by atoms with van der Waals surface area (Å²) in [6.45, 7) is 0. The molecule has 4 rings (SSSR count). The third kappa shape index (κ3) is 3.46. The number of rotatable bonds is 7. The van der Waals surface area contributed by atoms with E-state index in [4.69, 9.17) is 0 Å². The minimum atomic E-state index is 1.02. The number of nitrogens with one attached hydrogen (secondary N) is 2. The smallest absolute Gasteiger partial charge is 0.166 e. The Morgan fingerprint density at radius 3 is 2.21 bits per heavy atom.